The Morgan fingerprint density at radius 1 is 1.00 bits per heavy atom. The van der Waals surface area contributed by atoms with Crippen LogP contribution < -0.4 is 0 Å². The molecule has 1 heterocycles. The molecule has 0 aliphatic rings. The largest absolute Gasteiger partial charge is 0.421 e. The number of hydrogen-bond acceptors (Lipinski definition) is 4. The summed E-state index contributed by atoms with van der Waals surface area (Å²) in [6.07, 6.45) is 3.12. The fraction of sp³-hybridized carbons (Fsp3) is 0. The number of nitrogens with one attached hydrogen (secondary N) is 2. The van der Waals surface area contributed by atoms with Crippen molar-refractivity contribution < 1.29 is 4.74 Å². The minimum atomic E-state index is -0.108. The molecule has 0 atom stereocenters. The second kappa shape index (κ2) is 5.42. The first-order valence-corrected chi connectivity index (χ1v) is 5.56. The lowest BCUT2D eigenvalue weighted by atomic mass is 10.2. The van der Waals surface area contributed by atoms with Crippen LogP contribution in [-0.4, -0.2) is 16.8 Å². The summed E-state index contributed by atoms with van der Waals surface area (Å²) in [5.74, 6) is -0.205. The Labute approximate surface area is 109 Å². The Hall–Kier alpha value is -2.20. The minimum absolute atomic E-state index is 0.0967. The predicted octanol–water partition coefficient (Wildman–Crippen LogP) is 3.10. The number of aromatic nitrogens is 1. The Balaban J connectivity index is 2.08. The summed E-state index contributed by atoms with van der Waals surface area (Å²) >= 11 is 5.76. The molecule has 0 spiro atoms. The van der Waals surface area contributed by atoms with Crippen LogP contribution in [0.15, 0.2) is 48.8 Å². The van der Waals surface area contributed by atoms with Gasteiger partial charge in [0.05, 0.1) is 5.56 Å². The van der Waals surface area contributed by atoms with Crippen molar-refractivity contribution in [3.63, 3.8) is 0 Å². The third kappa shape index (κ3) is 2.93. The first-order valence-electron chi connectivity index (χ1n) is 5.18. The van der Waals surface area contributed by atoms with Crippen LogP contribution in [0.2, 0.25) is 5.02 Å². The topological polar surface area (TPSA) is 69.8 Å². The smallest absolute Gasteiger partial charge is 0.222 e. The van der Waals surface area contributed by atoms with Crippen LogP contribution in [0, 0.1) is 10.8 Å². The predicted molar refractivity (Wildman–Crippen MR) is 70.4 cm³/mol. The standard InChI is InChI=1S/C13H10ClN3O/c14-11-5-3-9(4-6-11)12(15)18-13(16)10-2-1-7-17-8-10/h1-8,15-16H. The van der Waals surface area contributed by atoms with E-state index in [0.717, 1.165) is 0 Å². The summed E-state index contributed by atoms with van der Waals surface area (Å²) in [4.78, 5) is 3.89. The normalized spacial score (nSPS) is 9.83. The maximum atomic E-state index is 7.75. The molecule has 1 aromatic carbocycles. The molecule has 0 unspecified atom stereocenters. The third-order valence-corrected chi connectivity index (χ3v) is 2.49. The summed E-state index contributed by atoms with van der Waals surface area (Å²) in [5.41, 5.74) is 1.09. The van der Waals surface area contributed by atoms with E-state index in [2.05, 4.69) is 4.98 Å². The number of ether oxygens (including phenoxy) is 1. The van der Waals surface area contributed by atoms with Crippen molar-refractivity contribution in [3.8, 4) is 0 Å². The van der Waals surface area contributed by atoms with Crippen molar-refractivity contribution in [1.82, 2.24) is 4.98 Å². The maximum absolute atomic E-state index is 7.75. The lowest BCUT2D eigenvalue weighted by Crippen LogP contribution is -2.12. The van der Waals surface area contributed by atoms with Crippen molar-refractivity contribution in [2.45, 2.75) is 0 Å². The summed E-state index contributed by atoms with van der Waals surface area (Å²) in [5, 5.41) is 16.1. The van der Waals surface area contributed by atoms with Crippen molar-refractivity contribution in [2.75, 3.05) is 0 Å². The van der Waals surface area contributed by atoms with Crippen LogP contribution in [0.1, 0.15) is 11.1 Å². The van der Waals surface area contributed by atoms with E-state index < -0.39 is 0 Å². The Morgan fingerprint density at radius 2 is 1.67 bits per heavy atom. The Bertz CT molecular complexity index is 567. The molecule has 0 fully saturated rings. The van der Waals surface area contributed by atoms with E-state index >= 15 is 0 Å². The van der Waals surface area contributed by atoms with Gasteiger partial charge in [0.1, 0.15) is 0 Å². The van der Waals surface area contributed by atoms with Gasteiger partial charge in [0, 0.05) is 23.0 Å². The van der Waals surface area contributed by atoms with Crippen LogP contribution in [0.3, 0.4) is 0 Å². The molecule has 5 heteroatoms. The summed E-state index contributed by atoms with van der Waals surface area (Å²) in [6.45, 7) is 0. The molecule has 0 aliphatic heterocycles. The van der Waals surface area contributed by atoms with E-state index in [9.17, 15) is 0 Å². The number of pyridine rings is 1. The maximum Gasteiger partial charge on any atom is 0.222 e. The SMILES string of the molecule is N=C(OC(=N)c1cccnc1)c1ccc(Cl)cc1. The highest BCUT2D eigenvalue weighted by atomic mass is 35.5. The van der Waals surface area contributed by atoms with Crippen LogP contribution in [-0.2, 0) is 4.74 Å². The average Bonchev–Trinajstić information content (AvgIpc) is 2.40. The van der Waals surface area contributed by atoms with Crippen LogP contribution in [0.25, 0.3) is 0 Å². The molecule has 2 aromatic rings. The highest BCUT2D eigenvalue weighted by Gasteiger charge is 2.08. The number of rotatable bonds is 2. The molecule has 0 aliphatic carbocycles. The highest BCUT2D eigenvalue weighted by molar-refractivity contribution is 6.30. The van der Waals surface area contributed by atoms with Crippen LogP contribution in [0.4, 0.5) is 0 Å². The minimum Gasteiger partial charge on any atom is -0.421 e. The van der Waals surface area contributed by atoms with Crippen molar-refractivity contribution in [3.05, 3.63) is 64.9 Å². The van der Waals surface area contributed by atoms with Gasteiger partial charge >= 0.3 is 0 Å². The van der Waals surface area contributed by atoms with Gasteiger partial charge in [-0.15, -0.1) is 0 Å². The monoisotopic (exact) mass is 259 g/mol. The lowest BCUT2D eigenvalue weighted by molar-refractivity contribution is 0.538. The van der Waals surface area contributed by atoms with E-state index in [1.807, 2.05) is 0 Å². The molecule has 0 bridgehead atoms. The molecule has 18 heavy (non-hydrogen) atoms. The van der Waals surface area contributed by atoms with Gasteiger partial charge in [0.2, 0.25) is 11.8 Å². The Morgan fingerprint density at radius 3 is 2.28 bits per heavy atom. The summed E-state index contributed by atoms with van der Waals surface area (Å²) in [7, 11) is 0. The zero-order valence-electron chi connectivity index (χ0n) is 9.35. The van der Waals surface area contributed by atoms with Gasteiger partial charge < -0.3 is 4.74 Å². The highest BCUT2D eigenvalue weighted by Crippen LogP contribution is 2.11. The molecule has 2 rings (SSSR count). The summed E-state index contributed by atoms with van der Waals surface area (Å²) < 4.78 is 5.15. The van der Waals surface area contributed by atoms with Gasteiger partial charge in [-0.25, -0.2) is 0 Å². The van der Waals surface area contributed by atoms with E-state index in [-0.39, 0.29) is 11.8 Å². The molecule has 0 radical (unpaired) electrons. The number of halogens is 1. The van der Waals surface area contributed by atoms with E-state index in [4.69, 9.17) is 27.2 Å². The van der Waals surface area contributed by atoms with E-state index in [1.165, 1.54) is 6.20 Å². The molecule has 4 nitrogen and oxygen atoms in total. The molecule has 90 valence electrons. The van der Waals surface area contributed by atoms with Crippen molar-refractivity contribution >= 4 is 23.4 Å². The van der Waals surface area contributed by atoms with E-state index in [0.29, 0.717) is 16.1 Å². The van der Waals surface area contributed by atoms with Crippen molar-refractivity contribution in [2.24, 2.45) is 0 Å². The van der Waals surface area contributed by atoms with Gasteiger partial charge in [-0.05, 0) is 36.4 Å². The molecule has 0 amide bonds. The van der Waals surface area contributed by atoms with Gasteiger partial charge in [0.15, 0.2) is 0 Å². The second-order valence-corrected chi connectivity index (χ2v) is 3.95. The number of nitrogens with zero attached hydrogens (tertiary/aromatic N) is 1. The van der Waals surface area contributed by atoms with Gasteiger partial charge in [-0.3, -0.25) is 15.8 Å². The van der Waals surface area contributed by atoms with Crippen molar-refractivity contribution in [1.29, 1.82) is 10.8 Å². The first-order chi connectivity index (χ1) is 8.66. The molecule has 1 aromatic heterocycles. The van der Waals surface area contributed by atoms with Crippen LogP contribution >= 0.6 is 11.6 Å². The molecular weight excluding hydrogens is 250 g/mol. The lowest BCUT2D eigenvalue weighted by Gasteiger charge is -2.07. The molecule has 0 saturated carbocycles. The number of benzene rings is 1. The zero-order chi connectivity index (χ0) is 13.0. The average molecular weight is 260 g/mol. The third-order valence-electron chi connectivity index (χ3n) is 2.23. The number of hydrogen-bond donors (Lipinski definition) is 2. The first kappa shape index (κ1) is 12.3. The van der Waals surface area contributed by atoms with Gasteiger partial charge in [0.25, 0.3) is 0 Å². The quantitative estimate of drug-likeness (QED) is 0.643. The molecule has 0 saturated heterocycles. The second-order valence-electron chi connectivity index (χ2n) is 3.51. The van der Waals surface area contributed by atoms with E-state index in [1.54, 1.807) is 42.6 Å². The molecular formula is C13H10ClN3O. The fourth-order valence-electron chi connectivity index (χ4n) is 1.32. The van der Waals surface area contributed by atoms with Gasteiger partial charge in [-0.2, -0.15) is 0 Å². The van der Waals surface area contributed by atoms with Crippen LogP contribution in [0.5, 0.6) is 0 Å². The fourth-order valence-corrected chi connectivity index (χ4v) is 1.44. The zero-order valence-corrected chi connectivity index (χ0v) is 10.1. The summed E-state index contributed by atoms with van der Waals surface area (Å²) in [6, 6.07) is 10.1. The Kier molecular flexibility index (Phi) is 3.69. The van der Waals surface area contributed by atoms with Gasteiger partial charge in [-0.1, -0.05) is 11.6 Å². The molecule has 2 N–H and O–H groups in total.